The predicted molar refractivity (Wildman–Crippen MR) is 101 cm³/mol. The Balaban J connectivity index is 1.98. The van der Waals surface area contributed by atoms with E-state index in [9.17, 15) is 19.7 Å². The number of hydrogen-bond donors (Lipinski definition) is 0. The molecule has 154 valence electrons. The molecular formula is C20H27NO7. The summed E-state index contributed by atoms with van der Waals surface area (Å²) in [5.41, 5.74) is -1.16. The molecule has 1 saturated carbocycles. The number of carbonyl (C=O) groups excluding carboxylic acids is 2. The van der Waals surface area contributed by atoms with E-state index in [1.54, 1.807) is 7.11 Å². The van der Waals surface area contributed by atoms with Crippen LogP contribution in [0.5, 0.6) is 0 Å². The number of ether oxygens (including phenoxy) is 3. The number of nitro benzene ring substituents is 1. The molecular weight excluding hydrogens is 366 g/mol. The maximum absolute atomic E-state index is 12.7. The van der Waals surface area contributed by atoms with E-state index in [0.29, 0.717) is 25.7 Å². The van der Waals surface area contributed by atoms with E-state index in [0.717, 1.165) is 0 Å². The minimum absolute atomic E-state index is 0.0871. The quantitative estimate of drug-likeness (QED) is 0.412. The van der Waals surface area contributed by atoms with Gasteiger partial charge in [0.1, 0.15) is 11.7 Å². The highest BCUT2D eigenvalue weighted by Gasteiger charge is 2.45. The van der Waals surface area contributed by atoms with Gasteiger partial charge in [0.2, 0.25) is 0 Å². The highest BCUT2D eigenvalue weighted by molar-refractivity contribution is 5.89. The van der Waals surface area contributed by atoms with Crippen LogP contribution >= 0.6 is 0 Å². The average Bonchev–Trinajstić information content (AvgIpc) is 2.62. The number of rotatable bonds is 6. The molecule has 0 radical (unpaired) electrons. The third-order valence-corrected chi connectivity index (χ3v) is 4.73. The summed E-state index contributed by atoms with van der Waals surface area (Å²) in [6.07, 6.45) is 1.69. The zero-order chi connectivity index (χ0) is 20.9. The molecule has 28 heavy (non-hydrogen) atoms. The first-order chi connectivity index (χ1) is 13.1. The Morgan fingerprint density at radius 2 is 1.75 bits per heavy atom. The second kappa shape index (κ2) is 8.68. The second-order valence-electron chi connectivity index (χ2n) is 8.12. The Labute approximate surface area is 164 Å². The van der Waals surface area contributed by atoms with Crippen LogP contribution in [0.1, 0.15) is 56.8 Å². The van der Waals surface area contributed by atoms with Crippen molar-refractivity contribution in [2.24, 2.45) is 5.41 Å². The topological polar surface area (TPSA) is 105 Å². The van der Waals surface area contributed by atoms with Crippen molar-refractivity contribution in [1.82, 2.24) is 0 Å². The molecule has 0 unspecified atom stereocenters. The molecule has 8 nitrogen and oxygen atoms in total. The second-order valence-corrected chi connectivity index (χ2v) is 8.12. The smallest absolute Gasteiger partial charge is 0.338 e. The fourth-order valence-electron chi connectivity index (χ4n) is 3.27. The summed E-state index contributed by atoms with van der Waals surface area (Å²) in [4.78, 5) is 35.2. The van der Waals surface area contributed by atoms with Gasteiger partial charge in [0.05, 0.1) is 22.5 Å². The van der Waals surface area contributed by atoms with Gasteiger partial charge in [0.15, 0.2) is 0 Å². The highest BCUT2D eigenvalue weighted by Crippen LogP contribution is 2.40. The standard InChI is InChI=1S/C20H27NO7/c1-19(2,3)28-18(23)20(13-26-4)11-9-16(10-12-20)27-17(22)14-5-7-15(8-6-14)21(24)25/h5-8,16H,9-13H2,1-4H3/t16-,20-. The largest absolute Gasteiger partial charge is 0.459 e. The molecule has 0 atom stereocenters. The van der Waals surface area contributed by atoms with Crippen LogP contribution in [0.2, 0.25) is 0 Å². The Kier molecular flexibility index (Phi) is 6.77. The number of nitro groups is 1. The number of carbonyl (C=O) groups is 2. The van der Waals surface area contributed by atoms with E-state index < -0.39 is 21.9 Å². The van der Waals surface area contributed by atoms with Crippen LogP contribution in [0, 0.1) is 15.5 Å². The van der Waals surface area contributed by atoms with Gasteiger partial charge in [0, 0.05) is 19.2 Å². The van der Waals surface area contributed by atoms with Crippen LogP contribution < -0.4 is 0 Å². The molecule has 0 bridgehead atoms. The van der Waals surface area contributed by atoms with Crippen molar-refractivity contribution in [2.75, 3.05) is 13.7 Å². The summed E-state index contributed by atoms with van der Waals surface area (Å²) in [7, 11) is 1.55. The van der Waals surface area contributed by atoms with Crippen LogP contribution in [0.25, 0.3) is 0 Å². The lowest BCUT2D eigenvalue weighted by Gasteiger charge is -2.38. The van der Waals surface area contributed by atoms with Gasteiger partial charge in [-0.3, -0.25) is 14.9 Å². The number of methoxy groups -OCH3 is 1. The van der Waals surface area contributed by atoms with Crippen LogP contribution in [-0.4, -0.2) is 42.3 Å². The third-order valence-electron chi connectivity index (χ3n) is 4.73. The van der Waals surface area contributed by atoms with Crippen LogP contribution in [-0.2, 0) is 19.0 Å². The summed E-state index contributed by atoms with van der Waals surface area (Å²) in [6, 6.07) is 5.28. The summed E-state index contributed by atoms with van der Waals surface area (Å²) in [5.74, 6) is -0.821. The van der Waals surface area contributed by atoms with Crippen molar-refractivity contribution in [3.8, 4) is 0 Å². The summed E-state index contributed by atoms with van der Waals surface area (Å²) >= 11 is 0. The summed E-state index contributed by atoms with van der Waals surface area (Å²) in [6.45, 7) is 5.72. The normalized spacial score (nSPS) is 22.4. The van der Waals surface area contributed by atoms with Gasteiger partial charge in [-0.1, -0.05) is 0 Å². The molecule has 0 spiro atoms. The molecule has 1 aliphatic rings. The van der Waals surface area contributed by atoms with Gasteiger partial charge < -0.3 is 14.2 Å². The molecule has 0 saturated heterocycles. The van der Waals surface area contributed by atoms with E-state index in [1.807, 2.05) is 20.8 Å². The SMILES string of the molecule is COC[C@]1(C(=O)OC(C)(C)C)CC[C@H](OC(=O)c2ccc([N+](=O)[O-])cc2)CC1. The fourth-order valence-corrected chi connectivity index (χ4v) is 3.27. The van der Waals surface area contributed by atoms with Gasteiger partial charge in [-0.15, -0.1) is 0 Å². The lowest BCUT2D eigenvalue weighted by Crippen LogP contribution is -2.44. The lowest BCUT2D eigenvalue weighted by atomic mass is 9.73. The van der Waals surface area contributed by atoms with E-state index in [4.69, 9.17) is 14.2 Å². The van der Waals surface area contributed by atoms with Crippen molar-refractivity contribution in [3.05, 3.63) is 39.9 Å². The Morgan fingerprint density at radius 1 is 1.18 bits per heavy atom. The zero-order valence-electron chi connectivity index (χ0n) is 16.7. The van der Waals surface area contributed by atoms with E-state index >= 15 is 0 Å². The number of nitrogens with zero attached hydrogens (tertiary/aromatic N) is 1. The van der Waals surface area contributed by atoms with E-state index in [-0.39, 0.29) is 29.9 Å². The molecule has 2 rings (SSSR count). The molecule has 0 aliphatic heterocycles. The van der Waals surface area contributed by atoms with Crippen LogP contribution in [0.4, 0.5) is 5.69 Å². The van der Waals surface area contributed by atoms with Gasteiger partial charge in [-0.05, 0) is 58.6 Å². The van der Waals surface area contributed by atoms with Crippen molar-refractivity contribution < 1.29 is 28.7 Å². The van der Waals surface area contributed by atoms with Crippen LogP contribution in [0.3, 0.4) is 0 Å². The first-order valence-electron chi connectivity index (χ1n) is 9.24. The Morgan fingerprint density at radius 3 is 2.21 bits per heavy atom. The molecule has 0 N–H and O–H groups in total. The maximum atomic E-state index is 12.7. The minimum Gasteiger partial charge on any atom is -0.459 e. The molecule has 0 heterocycles. The molecule has 1 fully saturated rings. The van der Waals surface area contributed by atoms with Crippen molar-refractivity contribution in [3.63, 3.8) is 0 Å². The van der Waals surface area contributed by atoms with Crippen molar-refractivity contribution >= 4 is 17.6 Å². The first-order valence-corrected chi connectivity index (χ1v) is 9.24. The predicted octanol–water partition coefficient (Wildman–Crippen LogP) is 3.67. The molecule has 1 aliphatic carbocycles. The van der Waals surface area contributed by atoms with E-state index in [2.05, 4.69) is 0 Å². The molecule has 8 heteroatoms. The lowest BCUT2D eigenvalue weighted by molar-refractivity contribution is -0.384. The van der Waals surface area contributed by atoms with Gasteiger partial charge >= 0.3 is 11.9 Å². The van der Waals surface area contributed by atoms with Gasteiger partial charge in [0.25, 0.3) is 5.69 Å². The maximum Gasteiger partial charge on any atom is 0.338 e. The Hall–Kier alpha value is -2.48. The van der Waals surface area contributed by atoms with Crippen LogP contribution in [0.15, 0.2) is 24.3 Å². The third kappa shape index (κ3) is 5.51. The average molecular weight is 393 g/mol. The minimum atomic E-state index is -0.738. The fraction of sp³-hybridized carbons (Fsp3) is 0.600. The van der Waals surface area contributed by atoms with Gasteiger partial charge in [-0.25, -0.2) is 4.79 Å². The number of non-ortho nitro benzene ring substituents is 1. The number of hydrogen-bond acceptors (Lipinski definition) is 7. The molecule has 1 aromatic carbocycles. The van der Waals surface area contributed by atoms with Crippen molar-refractivity contribution in [1.29, 1.82) is 0 Å². The van der Waals surface area contributed by atoms with Gasteiger partial charge in [-0.2, -0.15) is 0 Å². The first kappa shape index (κ1) is 21.8. The molecule has 0 amide bonds. The highest BCUT2D eigenvalue weighted by atomic mass is 16.6. The monoisotopic (exact) mass is 393 g/mol. The molecule has 1 aromatic rings. The van der Waals surface area contributed by atoms with Crippen molar-refractivity contribution in [2.45, 2.75) is 58.2 Å². The zero-order valence-corrected chi connectivity index (χ0v) is 16.7. The summed E-state index contributed by atoms with van der Waals surface area (Å²) in [5, 5.41) is 10.7. The Bertz CT molecular complexity index is 713. The molecule has 0 aromatic heterocycles. The number of benzene rings is 1. The van der Waals surface area contributed by atoms with E-state index in [1.165, 1.54) is 24.3 Å². The number of esters is 2. The summed E-state index contributed by atoms with van der Waals surface area (Å²) < 4.78 is 16.4.